The van der Waals surface area contributed by atoms with Crippen molar-refractivity contribution >= 4 is 38.6 Å². The van der Waals surface area contributed by atoms with Crippen molar-refractivity contribution in [3.05, 3.63) is 53.3 Å². The van der Waals surface area contributed by atoms with Gasteiger partial charge in [0.2, 0.25) is 15.9 Å². The predicted molar refractivity (Wildman–Crippen MR) is 100 cm³/mol. The molecule has 0 bridgehead atoms. The van der Waals surface area contributed by atoms with Gasteiger partial charge in [0.15, 0.2) is 10.8 Å². The van der Waals surface area contributed by atoms with Crippen LogP contribution >= 0.6 is 11.3 Å². The van der Waals surface area contributed by atoms with Gasteiger partial charge in [0.1, 0.15) is 0 Å². The number of hydrogen-bond donors (Lipinski definition) is 3. The summed E-state index contributed by atoms with van der Waals surface area (Å²) in [6, 6.07) is 8.06. The van der Waals surface area contributed by atoms with E-state index in [0.29, 0.717) is 15.7 Å². The summed E-state index contributed by atoms with van der Waals surface area (Å²) in [7, 11) is -3.84. The zero-order valence-electron chi connectivity index (χ0n) is 14.1. The van der Waals surface area contributed by atoms with Crippen LogP contribution in [0.3, 0.4) is 0 Å². The number of carbonyl (C=O) groups is 1. The lowest BCUT2D eigenvalue weighted by molar-refractivity contribution is -0.114. The molecule has 1 atom stereocenters. The summed E-state index contributed by atoms with van der Waals surface area (Å²) < 4.78 is 28.4. The van der Waals surface area contributed by atoms with E-state index in [4.69, 9.17) is 0 Å². The second kappa shape index (κ2) is 6.98. The molecule has 3 N–H and O–H groups in total. The summed E-state index contributed by atoms with van der Waals surface area (Å²) in [6.07, 6.45) is 4.52. The van der Waals surface area contributed by atoms with Crippen molar-refractivity contribution in [3.8, 4) is 0 Å². The Hall–Kier alpha value is -2.56. The molecule has 8 nitrogen and oxygen atoms in total. The number of amides is 1. The molecule has 1 amide bonds. The van der Waals surface area contributed by atoms with Crippen molar-refractivity contribution in [2.24, 2.45) is 4.99 Å². The molecule has 2 heterocycles. The van der Waals surface area contributed by atoms with Gasteiger partial charge in [-0.2, -0.15) is 4.72 Å². The average Bonchev–Trinajstić information content (AvgIpc) is 2.96. The molecule has 136 valence electrons. The molecule has 0 spiro atoms. The molecule has 0 fully saturated rings. The molecule has 0 radical (unpaired) electrons. The molecule has 10 heteroatoms. The Kier molecular flexibility index (Phi) is 4.90. The summed E-state index contributed by atoms with van der Waals surface area (Å²) in [5.41, 5.74) is -0.731. The first-order chi connectivity index (χ1) is 12.3. The first-order valence-electron chi connectivity index (χ1n) is 7.64. The molecule has 0 saturated heterocycles. The minimum absolute atomic E-state index is 0.133. The highest BCUT2D eigenvalue weighted by molar-refractivity contribution is 7.89. The monoisotopic (exact) mass is 391 g/mol. The number of nitrogens with one attached hydrogen (secondary N) is 3. The molecule has 1 aliphatic heterocycles. The minimum Gasteiger partial charge on any atom is -0.362 e. The van der Waals surface area contributed by atoms with Gasteiger partial charge in [0.25, 0.3) is 0 Å². The first kappa shape index (κ1) is 18.2. The maximum Gasteiger partial charge on any atom is 0.243 e. The Bertz CT molecular complexity index is 983. The third kappa shape index (κ3) is 3.66. The van der Waals surface area contributed by atoms with Gasteiger partial charge in [0, 0.05) is 19.3 Å². The Labute approximate surface area is 155 Å². The first-order valence-corrected chi connectivity index (χ1v) is 9.94. The van der Waals surface area contributed by atoms with Crippen molar-refractivity contribution < 1.29 is 13.2 Å². The number of hydrogen-bond acceptors (Lipinski definition) is 7. The van der Waals surface area contributed by atoms with Crippen molar-refractivity contribution in [1.82, 2.24) is 15.0 Å². The van der Waals surface area contributed by atoms with E-state index in [9.17, 15) is 13.2 Å². The van der Waals surface area contributed by atoms with E-state index in [1.807, 2.05) is 0 Å². The summed E-state index contributed by atoms with van der Waals surface area (Å²) >= 11 is 1.17. The smallest absolute Gasteiger partial charge is 0.243 e. The Morgan fingerprint density at radius 2 is 2.00 bits per heavy atom. The van der Waals surface area contributed by atoms with Gasteiger partial charge in [-0.25, -0.2) is 13.4 Å². The number of aryl methyl sites for hydroxylation is 1. The van der Waals surface area contributed by atoms with Crippen LogP contribution in [0.2, 0.25) is 0 Å². The van der Waals surface area contributed by atoms with Crippen LogP contribution in [-0.4, -0.2) is 25.5 Å². The molecule has 1 aromatic heterocycles. The lowest BCUT2D eigenvalue weighted by Gasteiger charge is -2.32. The fourth-order valence-corrected chi connectivity index (χ4v) is 4.89. The predicted octanol–water partition coefficient (Wildman–Crippen LogP) is 1.69. The van der Waals surface area contributed by atoms with Gasteiger partial charge in [-0.1, -0.05) is 29.5 Å². The number of thiazole rings is 1. The number of aliphatic imine (C=N–C) groups is 1. The zero-order valence-corrected chi connectivity index (χ0v) is 15.7. The van der Waals surface area contributed by atoms with Crippen molar-refractivity contribution in [1.29, 1.82) is 0 Å². The second-order valence-corrected chi connectivity index (χ2v) is 8.26. The van der Waals surface area contributed by atoms with E-state index < -0.39 is 15.7 Å². The van der Waals surface area contributed by atoms with E-state index in [0.717, 1.165) is 0 Å². The molecular weight excluding hydrogens is 374 g/mol. The highest BCUT2D eigenvalue weighted by atomic mass is 32.2. The van der Waals surface area contributed by atoms with Crippen LogP contribution in [0.25, 0.3) is 0 Å². The Morgan fingerprint density at radius 1 is 1.27 bits per heavy atom. The van der Waals surface area contributed by atoms with Crippen LogP contribution in [0.1, 0.15) is 17.5 Å². The van der Waals surface area contributed by atoms with E-state index in [1.165, 1.54) is 42.8 Å². The molecule has 0 aliphatic carbocycles. The van der Waals surface area contributed by atoms with Crippen molar-refractivity contribution in [2.45, 2.75) is 24.4 Å². The fraction of sp³-hybridized carbons (Fsp3) is 0.188. The van der Waals surface area contributed by atoms with Gasteiger partial charge in [-0.05, 0) is 19.1 Å². The third-order valence-corrected chi connectivity index (χ3v) is 6.22. The number of aromatic nitrogens is 1. The zero-order chi connectivity index (χ0) is 18.8. The summed E-state index contributed by atoms with van der Waals surface area (Å²) in [4.78, 5) is 20.4. The van der Waals surface area contributed by atoms with Gasteiger partial charge in [0.05, 0.1) is 21.7 Å². The fourth-order valence-electron chi connectivity index (χ4n) is 2.47. The van der Waals surface area contributed by atoms with Crippen LogP contribution in [0.4, 0.5) is 5.13 Å². The number of benzene rings is 1. The Morgan fingerprint density at radius 3 is 2.62 bits per heavy atom. The second-order valence-electron chi connectivity index (χ2n) is 5.58. The highest BCUT2D eigenvalue weighted by Gasteiger charge is 2.39. The minimum atomic E-state index is -3.84. The lowest BCUT2D eigenvalue weighted by atomic mass is 10.1. The van der Waals surface area contributed by atoms with E-state index in [2.05, 4.69) is 25.3 Å². The maximum atomic E-state index is 12.9. The lowest BCUT2D eigenvalue weighted by Crippen LogP contribution is -2.56. The number of rotatable bonds is 5. The van der Waals surface area contributed by atoms with Crippen LogP contribution in [0.5, 0.6) is 0 Å². The molecule has 0 saturated carbocycles. The molecule has 3 rings (SSSR count). The number of sulfonamides is 1. The summed E-state index contributed by atoms with van der Waals surface area (Å²) in [5.74, 6) is -0.255. The maximum absolute atomic E-state index is 12.9. The third-order valence-electron chi connectivity index (χ3n) is 3.53. The van der Waals surface area contributed by atoms with E-state index in [1.54, 1.807) is 31.3 Å². The number of carbonyl (C=O) groups excluding carboxylic acids is 1. The van der Waals surface area contributed by atoms with E-state index in [-0.39, 0.29) is 10.8 Å². The quantitative estimate of drug-likeness (QED) is 0.718. The average molecular weight is 391 g/mol. The van der Waals surface area contributed by atoms with Crippen molar-refractivity contribution in [3.63, 3.8) is 0 Å². The van der Waals surface area contributed by atoms with Gasteiger partial charge in [-0.15, -0.1) is 0 Å². The van der Waals surface area contributed by atoms with Gasteiger partial charge >= 0.3 is 0 Å². The van der Waals surface area contributed by atoms with Crippen molar-refractivity contribution in [2.75, 3.05) is 5.32 Å². The van der Waals surface area contributed by atoms with Crippen LogP contribution in [0, 0.1) is 6.92 Å². The SMILES string of the molecule is CC(=O)Nc1nc(C)c(C2(NS(=O)(=O)c3ccccc3)C=NC=CN2)s1. The standard InChI is InChI=1S/C16H17N5O3S2/c1-11-14(25-15(19-11)20-12(2)22)16(10-17-8-9-18-16)21-26(23,24)13-6-4-3-5-7-13/h3-10,18,21H,1-2H3,(H,19,20,22). The summed E-state index contributed by atoms with van der Waals surface area (Å²) in [5, 5.41) is 6.02. The van der Waals surface area contributed by atoms with Crippen LogP contribution < -0.4 is 15.4 Å². The number of nitrogens with zero attached hydrogens (tertiary/aromatic N) is 2. The van der Waals surface area contributed by atoms with Crippen LogP contribution in [0.15, 0.2) is 52.6 Å². The van der Waals surface area contributed by atoms with Gasteiger partial charge < -0.3 is 10.6 Å². The topological polar surface area (TPSA) is 113 Å². The molecule has 26 heavy (non-hydrogen) atoms. The normalized spacial score (nSPS) is 19.2. The molecule has 1 aliphatic rings. The summed E-state index contributed by atoms with van der Waals surface area (Å²) in [6.45, 7) is 3.12. The van der Waals surface area contributed by atoms with E-state index >= 15 is 0 Å². The molecular formula is C16H17N5O3S2. The molecule has 1 unspecified atom stereocenters. The van der Waals surface area contributed by atoms with Gasteiger partial charge in [-0.3, -0.25) is 9.79 Å². The highest BCUT2D eigenvalue weighted by Crippen LogP contribution is 2.32. The number of anilines is 1. The molecule has 2 aromatic rings. The Balaban J connectivity index is 2.04. The van der Waals surface area contributed by atoms with Crippen LogP contribution in [-0.2, 0) is 20.5 Å². The molecule has 1 aromatic carbocycles. The largest absolute Gasteiger partial charge is 0.362 e.